The Morgan fingerprint density at radius 3 is 2.45 bits per heavy atom. The van der Waals surface area contributed by atoms with E-state index in [4.69, 9.17) is 0 Å². The average Bonchev–Trinajstić information content (AvgIpc) is 2.54. The maximum Gasteiger partial charge on any atom is 0.420 e. The topological polar surface area (TPSA) is 61.4 Å². The highest BCUT2D eigenvalue weighted by Crippen LogP contribution is 2.35. The Labute approximate surface area is 115 Å². The van der Waals surface area contributed by atoms with Crippen LogP contribution in [0.3, 0.4) is 0 Å². The first-order valence-corrected chi connectivity index (χ1v) is 6.55. The van der Waals surface area contributed by atoms with Crippen molar-refractivity contribution < 1.29 is 22.8 Å². The number of carbonyl (C=O) groups excluding carboxylic acids is 2. The Balaban J connectivity index is 2.69. The van der Waals surface area contributed by atoms with Gasteiger partial charge in [-0.25, -0.2) is 4.79 Å². The van der Waals surface area contributed by atoms with Gasteiger partial charge in [-0.15, -0.1) is 0 Å². The van der Waals surface area contributed by atoms with Crippen LogP contribution in [0.15, 0.2) is 0 Å². The fourth-order valence-electron chi connectivity index (χ4n) is 1.96. The fourth-order valence-corrected chi connectivity index (χ4v) is 1.96. The molecular formula is C12H20F3N3O2. The lowest BCUT2D eigenvalue weighted by Crippen LogP contribution is -2.56. The first kappa shape index (κ1) is 16.7. The van der Waals surface area contributed by atoms with Crippen LogP contribution < -0.4 is 10.6 Å². The molecule has 1 fully saturated rings. The molecule has 0 aromatic carbocycles. The number of nitrogens with zero attached hydrogens (tertiary/aromatic N) is 1. The summed E-state index contributed by atoms with van der Waals surface area (Å²) >= 11 is 0. The number of carbonyl (C=O) groups is 2. The van der Waals surface area contributed by atoms with Crippen LogP contribution in [0.5, 0.6) is 0 Å². The zero-order valence-electron chi connectivity index (χ0n) is 11.8. The smallest absolute Gasteiger partial charge is 0.316 e. The minimum Gasteiger partial charge on any atom is -0.316 e. The molecule has 8 heteroatoms. The molecule has 1 heterocycles. The normalized spacial score (nSPS) is 25.0. The van der Waals surface area contributed by atoms with E-state index < -0.39 is 23.7 Å². The molecule has 116 valence electrons. The van der Waals surface area contributed by atoms with E-state index in [1.807, 2.05) is 6.92 Å². The summed E-state index contributed by atoms with van der Waals surface area (Å²) < 4.78 is 38.6. The van der Waals surface area contributed by atoms with Gasteiger partial charge in [0.05, 0.1) is 0 Å². The zero-order chi connectivity index (χ0) is 15.6. The van der Waals surface area contributed by atoms with Gasteiger partial charge in [-0.1, -0.05) is 13.8 Å². The standard InChI is InChI=1S/C12H20F3N3O2/c1-4-5-16-6-8(2)7-18-9(19)11(3,12(13,14)15)17-10(18)20/h8,16H,4-7H2,1-3H3,(H,17,20). The predicted octanol–water partition coefficient (Wildman–Crippen LogP) is 1.49. The predicted molar refractivity (Wildman–Crippen MR) is 67.0 cm³/mol. The van der Waals surface area contributed by atoms with Crippen molar-refractivity contribution >= 4 is 11.9 Å². The lowest BCUT2D eigenvalue weighted by atomic mass is 10.0. The number of alkyl halides is 3. The molecule has 5 nitrogen and oxygen atoms in total. The Hall–Kier alpha value is -1.31. The van der Waals surface area contributed by atoms with Gasteiger partial charge in [0.1, 0.15) is 0 Å². The first-order chi connectivity index (χ1) is 9.13. The van der Waals surface area contributed by atoms with Crippen molar-refractivity contribution in [3.05, 3.63) is 0 Å². The molecule has 2 N–H and O–H groups in total. The summed E-state index contributed by atoms with van der Waals surface area (Å²) in [6, 6.07) is -0.989. The van der Waals surface area contributed by atoms with Gasteiger partial charge in [0, 0.05) is 6.54 Å². The van der Waals surface area contributed by atoms with Crippen molar-refractivity contribution in [2.75, 3.05) is 19.6 Å². The van der Waals surface area contributed by atoms with Gasteiger partial charge in [0.25, 0.3) is 5.91 Å². The van der Waals surface area contributed by atoms with E-state index in [1.54, 1.807) is 12.2 Å². The van der Waals surface area contributed by atoms with Gasteiger partial charge in [0.2, 0.25) is 5.54 Å². The fraction of sp³-hybridized carbons (Fsp3) is 0.833. The number of halogens is 3. The maximum absolute atomic E-state index is 12.9. The van der Waals surface area contributed by atoms with Crippen molar-refractivity contribution in [3.63, 3.8) is 0 Å². The molecule has 1 saturated heterocycles. The van der Waals surface area contributed by atoms with Crippen molar-refractivity contribution in [1.82, 2.24) is 15.5 Å². The van der Waals surface area contributed by atoms with Crippen LogP contribution in [-0.4, -0.2) is 48.2 Å². The third kappa shape index (κ3) is 3.23. The average molecular weight is 295 g/mol. The molecule has 1 aliphatic rings. The van der Waals surface area contributed by atoms with Crippen LogP contribution in [-0.2, 0) is 4.79 Å². The Bertz CT molecular complexity index is 387. The molecule has 1 rings (SSSR count). The van der Waals surface area contributed by atoms with E-state index in [1.165, 1.54) is 0 Å². The number of nitrogens with one attached hydrogen (secondary N) is 2. The maximum atomic E-state index is 12.9. The Morgan fingerprint density at radius 2 is 2.00 bits per heavy atom. The summed E-state index contributed by atoms with van der Waals surface area (Å²) in [6.45, 7) is 5.73. The number of urea groups is 1. The van der Waals surface area contributed by atoms with Gasteiger partial charge >= 0.3 is 12.2 Å². The quantitative estimate of drug-likeness (QED) is 0.576. The SMILES string of the molecule is CCCNCC(C)CN1C(=O)NC(C)(C(F)(F)F)C1=O. The molecule has 2 atom stereocenters. The molecule has 1 aliphatic heterocycles. The Kier molecular flexibility index (Phi) is 5.01. The second-order valence-electron chi connectivity index (χ2n) is 5.28. The molecule has 0 aliphatic carbocycles. The van der Waals surface area contributed by atoms with Gasteiger partial charge in [-0.05, 0) is 32.4 Å². The highest BCUT2D eigenvalue weighted by atomic mass is 19.4. The van der Waals surface area contributed by atoms with Crippen LogP contribution in [0.4, 0.5) is 18.0 Å². The summed E-state index contributed by atoms with van der Waals surface area (Å²) in [5, 5.41) is 4.83. The Morgan fingerprint density at radius 1 is 1.40 bits per heavy atom. The van der Waals surface area contributed by atoms with E-state index in [0.29, 0.717) is 18.4 Å². The first-order valence-electron chi connectivity index (χ1n) is 6.55. The zero-order valence-corrected chi connectivity index (χ0v) is 11.8. The van der Waals surface area contributed by atoms with Crippen LogP contribution in [0.2, 0.25) is 0 Å². The molecule has 0 saturated carbocycles. The van der Waals surface area contributed by atoms with Gasteiger partial charge in [-0.3, -0.25) is 9.69 Å². The van der Waals surface area contributed by atoms with Gasteiger partial charge in [-0.2, -0.15) is 13.2 Å². The molecule has 2 unspecified atom stereocenters. The van der Waals surface area contributed by atoms with Crippen molar-refractivity contribution in [2.24, 2.45) is 5.92 Å². The van der Waals surface area contributed by atoms with E-state index in [9.17, 15) is 22.8 Å². The molecule has 0 bridgehead atoms. The lowest BCUT2D eigenvalue weighted by molar-refractivity contribution is -0.191. The van der Waals surface area contributed by atoms with Crippen LogP contribution in [0, 0.1) is 5.92 Å². The second-order valence-corrected chi connectivity index (χ2v) is 5.28. The number of hydrogen-bond acceptors (Lipinski definition) is 3. The van der Waals surface area contributed by atoms with E-state index in [0.717, 1.165) is 13.0 Å². The number of hydrogen-bond donors (Lipinski definition) is 2. The highest BCUT2D eigenvalue weighted by molar-refractivity contribution is 6.07. The number of amides is 3. The lowest BCUT2D eigenvalue weighted by Gasteiger charge is -2.25. The second kappa shape index (κ2) is 5.99. The summed E-state index contributed by atoms with van der Waals surface area (Å²) in [6.07, 6.45) is -3.87. The molecule has 0 spiro atoms. The molecule has 0 radical (unpaired) electrons. The van der Waals surface area contributed by atoms with Crippen LogP contribution in [0.25, 0.3) is 0 Å². The van der Waals surface area contributed by atoms with E-state index in [-0.39, 0.29) is 12.5 Å². The number of imide groups is 1. The largest absolute Gasteiger partial charge is 0.420 e. The van der Waals surface area contributed by atoms with Gasteiger partial charge in [0.15, 0.2) is 0 Å². The number of rotatable bonds is 6. The summed E-state index contributed by atoms with van der Waals surface area (Å²) in [4.78, 5) is 24.1. The van der Waals surface area contributed by atoms with Crippen molar-refractivity contribution in [1.29, 1.82) is 0 Å². The minimum atomic E-state index is -4.81. The molecule has 3 amide bonds. The molecule has 0 aromatic heterocycles. The van der Waals surface area contributed by atoms with Gasteiger partial charge < -0.3 is 10.6 Å². The summed E-state index contributed by atoms with van der Waals surface area (Å²) in [5.74, 6) is -1.36. The minimum absolute atomic E-state index is 0.0347. The molecular weight excluding hydrogens is 275 g/mol. The van der Waals surface area contributed by atoms with E-state index in [2.05, 4.69) is 5.32 Å². The monoisotopic (exact) mass is 295 g/mol. The molecule has 0 aromatic rings. The van der Waals surface area contributed by atoms with Crippen molar-refractivity contribution in [2.45, 2.75) is 38.9 Å². The third-order valence-electron chi connectivity index (χ3n) is 3.26. The van der Waals surface area contributed by atoms with Crippen LogP contribution >= 0.6 is 0 Å². The molecule has 20 heavy (non-hydrogen) atoms. The third-order valence-corrected chi connectivity index (χ3v) is 3.26. The van der Waals surface area contributed by atoms with E-state index >= 15 is 0 Å². The highest BCUT2D eigenvalue weighted by Gasteiger charge is 2.64. The van der Waals surface area contributed by atoms with Crippen molar-refractivity contribution in [3.8, 4) is 0 Å². The van der Waals surface area contributed by atoms with Crippen LogP contribution in [0.1, 0.15) is 27.2 Å². The summed E-state index contributed by atoms with van der Waals surface area (Å²) in [5.41, 5.74) is -2.82. The summed E-state index contributed by atoms with van der Waals surface area (Å²) in [7, 11) is 0.